The van der Waals surface area contributed by atoms with Crippen molar-refractivity contribution in [3.05, 3.63) is 15.0 Å². The maximum Gasteiger partial charge on any atom is 0.120 e. The van der Waals surface area contributed by atoms with E-state index in [0.717, 1.165) is 4.60 Å². The Morgan fingerprint density at radius 1 is 1.67 bits per heavy atom. The molecule has 0 atom stereocenters. The van der Waals surface area contributed by atoms with Crippen molar-refractivity contribution in [3.63, 3.8) is 0 Å². The molecule has 1 aromatic rings. The number of hydrogen-bond acceptors (Lipinski definition) is 2. The van der Waals surface area contributed by atoms with Crippen molar-refractivity contribution in [2.45, 2.75) is 19.8 Å². The van der Waals surface area contributed by atoms with E-state index < -0.39 is 0 Å². The molecule has 1 nitrogen and oxygen atoms in total. The molecule has 0 aliphatic heterocycles. The SMILES string of the molecule is CC(C)c1scnc1Br. The van der Waals surface area contributed by atoms with Gasteiger partial charge in [-0.2, -0.15) is 0 Å². The Bertz CT molecular complexity index is 195. The highest BCUT2D eigenvalue weighted by Gasteiger charge is 2.05. The van der Waals surface area contributed by atoms with E-state index in [2.05, 4.69) is 34.8 Å². The molecule has 9 heavy (non-hydrogen) atoms. The summed E-state index contributed by atoms with van der Waals surface area (Å²) in [5.74, 6) is 0.590. The molecule has 1 heterocycles. The lowest BCUT2D eigenvalue weighted by molar-refractivity contribution is 0.878. The molecule has 0 spiro atoms. The number of hydrogen-bond donors (Lipinski definition) is 0. The molecule has 0 N–H and O–H groups in total. The number of rotatable bonds is 1. The average molecular weight is 206 g/mol. The molecule has 0 aliphatic rings. The van der Waals surface area contributed by atoms with Crippen LogP contribution in [0.25, 0.3) is 0 Å². The molecule has 0 unspecified atom stereocenters. The number of halogens is 1. The van der Waals surface area contributed by atoms with Gasteiger partial charge in [0.2, 0.25) is 0 Å². The standard InChI is InChI=1S/C6H8BrNS/c1-4(2)5-6(7)8-3-9-5/h3-4H,1-2H3. The Morgan fingerprint density at radius 3 is 2.56 bits per heavy atom. The fourth-order valence-corrected chi connectivity index (χ4v) is 2.29. The van der Waals surface area contributed by atoms with Gasteiger partial charge in [0.1, 0.15) is 4.60 Å². The molecule has 0 saturated carbocycles. The van der Waals surface area contributed by atoms with Gasteiger partial charge in [0.05, 0.1) is 5.51 Å². The van der Waals surface area contributed by atoms with E-state index in [4.69, 9.17) is 0 Å². The van der Waals surface area contributed by atoms with E-state index in [1.165, 1.54) is 4.88 Å². The van der Waals surface area contributed by atoms with Crippen molar-refractivity contribution < 1.29 is 0 Å². The molecule has 0 bridgehead atoms. The van der Waals surface area contributed by atoms with Crippen LogP contribution in [0.4, 0.5) is 0 Å². The molecule has 0 saturated heterocycles. The minimum atomic E-state index is 0.590. The lowest BCUT2D eigenvalue weighted by Crippen LogP contribution is -1.81. The molecule has 0 aromatic carbocycles. The Kier molecular flexibility index (Phi) is 2.24. The summed E-state index contributed by atoms with van der Waals surface area (Å²) in [7, 11) is 0. The van der Waals surface area contributed by atoms with Crippen LogP contribution in [0, 0.1) is 0 Å². The normalized spacial score (nSPS) is 10.7. The van der Waals surface area contributed by atoms with Crippen molar-refractivity contribution in [2.75, 3.05) is 0 Å². The number of thiazole rings is 1. The first-order valence-corrected chi connectivity index (χ1v) is 4.48. The van der Waals surface area contributed by atoms with Crippen molar-refractivity contribution in [2.24, 2.45) is 0 Å². The highest BCUT2D eigenvalue weighted by Crippen LogP contribution is 2.26. The third-order valence-corrected chi connectivity index (χ3v) is 3.10. The first kappa shape index (κ1) is 7.22. The van der Waals surface area contributed by atoms with Crippen LogP contribution < -0.4 is 0 Å². The molecule has 3 heteroatoms. The molecule has 50 valence electrons. The fourth-order valence-electron chi connectivity index (χ4n) is 0.616. The Hall–Kier alpha value is 0.110. The van der Waals surface area contributed by atoms with Crippen LogP contribution in [0.15, 0.2) is 10.1 Å². The van der Waals surface area contributed by atoms with Crippen LogP contribution in [-0.2, 0) is 0 Å². The van der Waals surface area contributed by atoms with Gasteiger partial charge in [-0.25, -0.2) is 4.98 Å². The zero-order valence-electron chi connectivity index (χ0n) is 5.39. The van der Waals surface area contributed by atoms with E-state index in [1.54, 1.807) is 11.3 Å². The highest BCUT2D eigenvalue weighted by molar-refractivity contribution is 9.10. The summed E-state index contributed by atoms with van der Waals surface area (Å²) in [5, 5.41) is 0. The third kappa shape index (κ3) is 1.52. The molecule has 0 aliphatic carbocycles. The summed E-state index contributed by atoms with van der Waals surface area (Å²) >= 11 is 5.07. The van der Waals surface area contributed by atoms with Crippen molar-refractivity contribution >= 4 is 27.3 Å². The van der Waals surface area contributed by atoms with Crippen LogP contribution >= 0.6 is 27.3 Å². The predicted molar refractivity (Wildman–Crippen MR) is 43.9 cm³/mol. The van der Waals surface area contributed by atoms with Gasteiger partial charge in [0.25, 0.3) is 0 Å². The van der Waals surface area contributed by atoms with Gasteiger partial charge in [-0.1, -0.05) is 13.8 Å². The van der Waals surface area contributed by atoms with Gasteiger partial charge >= 0.3 is 0 Å². The lowest BCUT2D eigenvalue weighted by atomic mass is 10.2. The fraction of sp³-hybridized carbons (Fsp3) is 0.500. The smallest absolute Gasteiger partial charge is 0.120 e. The Morgan fingerprint density at radius 2 is 2.33 bits per heavy atom. The van der Waals surface area contributed by atoms with Crippen LogP contribution in [0.5, 0.6) is 0 Å². The van der Waals surface area contributed by atoms with E-state index in [9.17, 15) is 0 Å². The van der Waals surface area contributed by atoms with Gasteiger partial charge in [-0.15, -0.1) is 11.3 Å². The Balaban J connectivity index is 2.94. The first-order chi connectivity index (χ1) is 4.22. The molecule has 0 fully saturated rings. The van der Waals surface area contributed by atoms with Crippen LogP contribution in [0.2, 0.25) is 0 Å². The van der Waals surface area contributed by atoms with E-state index in [0.29, 0.717) is 5.92 Å². The van der Waals surface area contributed by atoms with Crippen molar-refractivity contribution in [1.82, 2.24) is 4.98 Å². The van der Waals surface area contributed by atoms with E-state index in [-0.39, 0.29) is 0 Å². The van der Waals surface area contributed by atoms with Gasteiger partial charge < -0.3 is 0 Å². The first-order valence-electron chi connectivity index (χ1n) is 2.80. The van der Waals surface area contributed by atoms with Crippen molar-refractivity contribution in [3.8, 4) is 0 Å². The summed E-state index contributed by atoms with van der Waals surface area (Å²) in [5.41, 5.74) is 1.86. The van der Waals surface area contributed by atoms with Gasteiger partial charge in [-0.3, -0.25) is 0 Å². The summed E-state index contributed by atoms with van der Waals surface area (Å²) in [6.45, 7) is 4.33. The minimum absolute atomic E-state index is 0.590. The van der Waals surface area contributed by atoms with Gasteiger partial charge in [-0.05, 0) is 21.8 Å². The second kappa shape index (κ2) is 2.80. The third-order valence-electron chi connectivity index (χ3n) is 1.07. The monoisotopic (exact) mass is 205 g/mol. The largest absolute Gasteiger partial charge is 0.237 e. The molecule has 1 rings (SSSR count). The van der Waals surface area contributed by atoms with E-state index >= 15 is 0 Å². The molecular formula is C6H8BrNS. The molecule has 0 amide bonds. The minimum Gasteiger partial charge on any atom is -0.237 e. The molecule has 0 radical (unpaired) electrons. The maximum atomic E-state index is 4.07. The van der Waals surface area contributed by atoms with Crippen LogP contribution in [0.1, 0.15) is 24.6 Å². The highest BCUT2D eigenvalue weighted by atomic mass is 79.9. The zero-order chi connectivity index (χ0) is 6.85. The quantitative estimate of drug-likeness (QED) is 0.688. The summed E-state index contributed by atoms with van der Waals surface area (Å²) in [4.78, 5) is 5.40. The van der Waals surface area contributed by atoms with Crippen LogP contribution in [0.3, 0.4) is 0 Å². The second-order valence-electron chi connectivity index (χ2n) is 2.16. The molecular weight excluding hydrogens is 198 g/mol. The summed E-state index contributed by atoms with van der Waals surface area (Å²) < 4.78 is 1.00. The molecule has 1 aromatic heterocycles. The number of aromatic nitrogens is 1. The Labute approximate surface area is 67.3 Å². The van der Waals surface area contributed by atoms with Gasteiger partial charge in [0.15, 0.2) is 0 Å². The number of nitrogens with zero attached hydrogens (tertiary/aromatic N) is 1. The van der Waals surface area contributed by atoms with Crippen LogP contribution in [-0.4, -0.2) is 4.98 Å². The predicted octanol–water partition coefficient (Wildman–Crippen LogP) is 3.03. The summed E-state index contributed by atoms with van der Waals surface area (Å²) in [6.07, 6.45) is 0. The zero-order valence-corrected chi connectivity index (χ0v) is 7.79. The van der Waals surface area contributed by atoms with Gasteiger partial charge in [0, 0.05) is 4.88 Å². The second-order valence-corrected chi connectivity index (χ2v) is 3.80. The topological polar surface area (TPSA) is 12.9 Å². The lowest BCUT2D eigenvalue weighted by Gasteiger charge is -1.97. The maximum absolute atomic E-state index is 4.07. The van der Waals surface area contributed by atoms with E-state index in [1.807, 2.05) is 5.51 Å². The summed E-state index contributed by atoms with van der Waals surface area (Å²) in [6, 6.07) is 0. The van der Waals surface area contributed by atoms with Crippen molar-refractivity contribution in [1.29, 1.82) is 0 Å². The average Bonchev–Trinajstić information content (AvgIpc) is 2.13.